The van der Waals surface area contributed by atoms with Crippen LogP contribution in [0, 0.1) is 6.92 Å². The number of carboxylic acids is 1. The Kier molecular flexibility index (Phi) is 5.55. The summed E-state index contributed by atoms with van der Waals surface area (Å²) in [5.41, 5.74) is 0.989. The summed E-state index contributed by atoms with van der Waals surface area (Å²) in [6.07, 6.45) is 0.256. The van der Waals surface area contributed by atoms with Gasteiger partial charge in [-0.2, -0.15) is 13.2 Å². The van der Waals surface area contributed by atoms with Crippen LogP contribution in [0.25, 0.3) is 0 Å². The van der Waals surface area contributed by atoms with E-state index in [1.54, 1.807) is 6.26 Å². The van der Waals surface area contributed by atoms with Gasteiger partial charge in [0.25, 0.3) is 0 Å². The van der Waals surface area contributed by atoms with E-state index in [4.69, 9.17) is 14.3 Å². The summed E-state index contributed by atoms with van der Waals surface area (Å²) in [5, 5.41) is 10.4. The van der Waals surface area contributed by atoms with Gasteiger partial charge in [-0.05, 0) is 33.2 Å². The normalized spacial score (nSPS) is 22.2. The molecule has 2 atom stereocenters. The first-order valence-electron chi connectivity index (χ1n) is 6.13. The van der Waals surface area contributed by atoms with Gasteiger partial charge in [-0.1, -0.05) is 0 Å². The summed E-state index contributed by atoms with van der Waals surface area (Å²) < 4.78 is 37.1. The second-order valence-corrected chi connectivity index (χ2v) is 4.63. The van der Waals surface area contributed by atoms with Crippen molar-refractivity contribution >= 4 is 5.97 Å². The average molecular weight is 294 g/mol. The smallest absolute Gasteiger partial charge is 0.475 e. The summed E-state index contributed by atoms with van der Waals surface area (Å²) in [6, 6.07) is 0.650. The number of nitrogens with one attached hydrogen (secondary N) is 1. The molecule has 1 aromatic rings. The van der Waals surface area contributed by atoms with Crippen LogP contribution in [0.4, 0.5) is 13.2 Å². The zero-order chi connectivity index (χ0) is 15.3. The molecule has 5 nitrogen and oxygen atoms in total. The molecule has 20 heavy (non-hydrogen) atoms. The summed E-state index contributed by atoms with van der Waals surface area (Å²) in [4.78, 5) is 13.3. The van der Waals surface area contributed by atoms with Gasteiger partial charge in [0.2, 0.25) is 0 Å². The lowest BCUT2D eigenvalue weighted by Gasteiger charge is -2.06. The molecule has 0 spiro atoms. The molecule has 1 heterocycles. The lowest BCUT2D eigenvalue weighted by molar-refractivity contribution is -0.192. The number of halogens is 3. The lowest BCUT2D eigenvalue weighted by Crippen LogP contribution is -2.21. The van der Waals surface area contributed by atoms with E-state index in [-0.39, 0.29) is 0 Å². The van der Waals surface area contributed by atoms with E-state index < -0.39 is 12.1 Å². The van der Waals surface area contributed by atoms with Crippen LogP contribution < -0.4 is 5.32 Å². The maximum atomic E-state index is 10.6. The number of carboxylic acid groups (broad SMARTS) is 1. The SMILES string of the molecule is CN[C@@H]1CC[C@H](c2nc(C)co2)C1.O=C(O)C(F)(F)F. The third-order valence-corrected chi connectivity index (χ3v) is 3.07. The highest BCUT2D eigenvalue weighted by molar-refractivity contribution is 5.73. The van der Waals surface area contributed by atoms with Gasteiger partial charge in [-0.3, -0.25) is 0 Å². The third kappa shape index (κ3) is 4.84. The van der Waals surface area contributed by atoms with E-state index in [9.17, 15) is 13.2 Å². The molecule has 114 valence electrons. The van der Waals surface area contributed by atoms with Crippen molar-refractivity contribution in [1.82, 2.24) is 10.3 Å². The Morgan fingerprint density at radius 1 is 1.50 bits per heavy atom. The standard InChI is InChI=1S/C10H16N2O.C2HF3O2/c1-7-6-13-10(12-7)8-3-4-9(5-8)11-2;3-2(4,5)1(6)7/h6,8-9,11H,3-5H2,1-2H3;(H,6,7)/t8-,9+;/m0./s1. The van der Waals surface area contributed by atoms with Gasteiger partial charge in [-0.15, -0.1) is 0 Å². The highest BCUT2D eigenvalue weighted by Crippen LogP contribution is 2.33. The predicted molar refractivity (Wildman–Crippen MR) is 64.4 cm³/mol. The first-order chi connectivity index (χ1) is 9.24. The Morgan fingerprint density at radius 3 is 2.45 bits per heavy atom. The first kappa shape index (κ1) is 16.5. The summed E-state index contributed by atoms with van der Waals surface area (Å²) in [5.74, 6) is -1.30. The molecule has 0 aromatic carbocycles. The van der Waals surface area contributed by atoms with E-state index in [0.29, 0.717) is 12.0 Å². The fourth-order valence-corrected chi connectivity index (χ4v) is 2.03. The molecule has 0 radical (unpaired) electrons. The van der Waals surface area contributed by atoms with Crippen LogP contribution in [-0.4, -0.2) is 35.3 Å². The molecule has 2 N–H and O–H groups in total. The van der Waals surface area contributed by atoms with E-state index in [1.165, 1.54) is 12.8 Å². The van der Waals surface area contributed by atoms with Crippen molar-refractivity contribution in [3.63, 3.8) is 0 Å². The minimum absolute atomic E-state index is 0.533. The molecule has 8 heteroatoms. The Bertz CT molecular complexity index is 445. The molecule has 1 aliphatic carbocycles. The largest absolute Gasteiger partial charge is 0.490 e. The van der Waals surface area contributed by atoms with Gasteiger partial charge >= 0.3 is 12.1 Å². The molecule has 0 bridgehead atoms. The van der Waals surface area contributed by atoms with Crippen molar-refractivity contribution in [1.29, 1.82) is 0 Å². The summed E-state index contributed by atoms with van der Waals surface area (Å²) in [7, 11) is 2.02. The zero-order valence-electron chi connectivity index (χ0n) is 11.2. The molecule has 0 amide bonds. The maximum Gasteiger partial charge on any atom is 0.490 e. The highest BCUT2D eigenvalue weighted by atomic mass is 19.4. The monoisotopic (exact) mass is 294 g/mol. The first-order valence-corrected chi connectivity index (χ1v) is 6.13. The van der Waals surface area contributed by atoms with Crippen LogP contribution >= 0.6 is 0 Å². The summed E-state index contributed by atoms with van der Waals surface area (Å²) in [6.45, 7) is 1.97. The molecular formula is C12H17F3N2O3. The molecule has 1 aromatic heterocycles. The molecule has 1 aliphatic rings. The second kappa shape index (κ2) is 6.74. The zero-order valence-corrected chi connectivity index (χ0v) is 11.2. The predicted octanol–water partition coefficient (Wildman–Crippen LogP) is 2.47. The quantitative estimate of drug-likeness (QED) is 0.876. The molecular weight excluding hydrogens is 277 g/mol. The van der Waals surface area contributed by atoms with Crippen molar-refractivity contribution < 1.29 is 27.5 Å². The van der Waals surface area contributed by atoms with Crippen LogP contribution in [0.2, 0.25) is 0 Å². The second-order valence-electron chi connectivity index (χ2n) is 4.63. The van der Waals surface area contributed by atoms with Gasteiger partial charge < -0.3 is 14.8 Å². The third-order valence-electron chi connectivity index (χ3n) is 3.07. The minimum atomic E-state index is -5.08. The number of hydrogen-bond donors (Lipinski definition) is 2. The van der Waals surface area contributed by atoms with E-state index in [0.717, 1.165) is 18.0 Å². The van der Waals surface area contributed by atoms with Gasteiger partial charge in [0.05, 0.1) is 5.69 Å². The fraction of sp³-hybridized carbons (Fsp3) is 0.667. The van der Waals surface area contributed by atoms with Crippen LogP contribution in [-0.2, 0) is 4.79 Å². The Balaban J connectivity index is 0.000000246. The average Bonchev–Trinajstić information content (AvgIpc) is 2.96. The van der Waals surface area contributed by atoms with Gasteiger partial charge in [0.15, 0.2) is 5.89 Å². The van der Waals surface area contributed by atoms with Crippen LogP contribution in [0.3, 0.4) is 0 Å². The van der Waals surface area contributed by atoms with Crippen LogP contribution in [0.5, 0.6) is 0 Å². The topological polar surface area (TPSA) is 75.4 Å². The molecule has 1 fully saturated rings. The van der Waals surface area contributed by atoms with Crippen LogP contribution in [0.1, 0.15) is 36.8 Å². The van der Waals surface area contributed by atoms with Gasteiger partial charge in [-0.25, -0.2) is 9.78 Å². The molecule has 0 aliphatic heterocycles. The minimum Gasteiger partial charge on any atom is -0.475 e. The number of hydrogen-bond acceptors (Lipinski definition) is 4. The molecule has 2 rings (SSSR count). The number of nitrogens with zero attached hydrogens (tertiary/aromatic N) is 1. The maximum absolute atomic E-state index is 10.6. The lowest BCUT2D eigenvalue weighted by atomic mass is 10.1. The summed E-state index contributed by atoms with van der Waals surface area (Å²) >= 11 is 0. The van der Waals surface area contributed by atoms with Crippen molar-refractivity contribution in [3.05, 3.63) is 17.8 Å². The van der Waals surface area contributed by atoms with E-state index in [2.05, 4.69) is 10.3 Å². The molecule has 0 unspecified atom stereocenters. The Morgan fingerprint density at radius 2 is 2.10 bits per heavy atom. The number of carbonyl (C=O) groups is 1. The number of aryl methyl sites for hydroxylation is 1. The van der Waals surface area contributed by atoms with Crippen molar-refractivity contribution in [2.45, 2.75) is 44.3 Å². The van der Waals surface area contributed by atoms with Crippen molar-refractivity contribution in [2.75, 3.05) is 7.05 Å². The highest BCUT2D eigenvalue weighted by Gasteiger charge is 2.38. The number of aliphatic carboxylic acids is 1. The van der Waals surface area contributed by atoms with E-state index in [1.807, 2.05) is 14.0 Å². The van der Waals surface area contributed by atoms with Crippen molar-refractivity contribution in [3.8, 4) is 0 Å². The molecule has 1 saturated carbocycles. The van der Waals surface area contributed by atoms with Gasteiger partial charge in [0, 0.05) is 12.0 Å². The fourth-order valence-electron chi connectivity index (χ4n) is 2.03. The Labute approximate surface area is 114 Å². The van der Waals surface area contributed by atoms with Gasteiger partial charge in [0.1, 0.15) is 6.26 Å². The Hall–Kier alpha value is -1.57. The van der Waals surface area contributed by atoms with Crippen molar-refractivity contribution in [2.24, 2.45) is 0 Å². The van der Waals surface area contributed by atoms with Crippen LogP contribution in [0.15, 0.2) is 10.7 Å². The molecule has 0 saturated heterocycles. The number of aromatic nitrogens is 1. The number of alkyl halides is 3. The van der Waals surface area contributed by atoms with E-state index >= 15 is 0 Å². The number of rotatable bonds is 2. The number of oxazole rings is 1.